The zero-order valence-corrected chi connectivity index (χ0v) is 12.2. The summed E-state index contributed by atoms with van der Waals surface area (Å²) < 4.78 is 62.0. The lowest BCUT2D eigenvalue weighted by Gasteiger charge is -2.19. The molecule has 0 bridgehead atoms. The normalized spacial score (nSPS) is 13.4. The van der Waals surface area contributed by atoms with Crippen LogP contribution in [0.4, 0.5) is 13.2 Å². The van der Waals surface area contributed by atoms with Crippen LogP contribution in [0.1, 0.15) is 31.4 Å². The fraction of sp³-hybridized carbons (Fsp3) is 0.538. The number of hydrogen-bond acceptors (Lipinski definition) is 3. The molecule has 0 aliphatic heterocycles. The summed E-state index contributed by atoms with van der Waals surface area (Å²) in [6, 6.07) is 1.51. The molecule has 0 spiro atoms. The van der Waals surface area contributed by atoms with Gasteiger partial charge in [-0.25, -0.2) is 21.6 Å². The summed E-state index contributed by atoms with van der Waals surface area (Å²) in [6.45, 7) is 2.29. The number of rotatable bonds is 7. The van der Waals surface area contributed by atoms with Gasteiger partial charge in [-0.3, -0.25) is 0 Å². The Morgan fingerprint density at radius 3 is 2.40 bits per heavy atom. The van der Waals surface area contributed by atoms with Crippen molar-refractivity contribution in [2.75, 3.05) is 18.6 Å². The minimum atomic E-state index is -3.10. The van der Waals surface area contributed by atoms with E-state index in [1.165, 1.54) is 6.07 Å². The Morgan fingerprint density at radius 1 is 1.20 bits per heavy atom. The lowest BCUT2D eigenvalue weighted by molar-refractivity contribution is 0.418. The highest BCUT2D eigenvalue weighted by molar-refractivity contribution is 7.90. The van der Waals surface area contributed by atoms with Crippen LogP contribution in [0.2, 0.25) is 0 Å². The van der Waals surface area contributed by atoms with Gasteiger partial charge in [0, 0.05) is 23.6 Å². The summed E-state index contributed by atoms with van der Waals surface area (Å²) in [5, 5.41) is 2.95. The summed E-state index contributed by atoms with van der Waals surface area (Å²) in [5.41, 5.74) is 0.0132. The number of sulfone groups is 1. The van der Waals surface area contributed by atoms with Gasteiger partial charge in [-0.1, -0.05) is 13.0 Å². The van der Waals surface area contributed by atoms with Crippen LogP contribution < -0.4 is 5.32 Å². The first-order valence-corrected chi connectivity index (χ1v) is 8.36. The minimum Gasteiger partial charge on any atom is -0.310 e. The van der Waals surface area contributed by atoms with Gasteiger partial charge in [-0.2, -0.15) is 0 Å². The molecule has 1 aromatic rings. The molecule has 1 unspecified atom stereocenters. The SMILES string of the molecule is CCNC(CCCS(C)(=O)=O)c1ccc(F)c(F)c1F. The average molecular weight is 309 g/mol. The molecule has 0 fully saturated rings. The third-order valence-corrected chi connectivity index (χ3v) is 3.93. The van der Waals surface area contributed by atoms with E-state index in [9.17, 15) is 21.6 Å². The number of benzene rings is 1. The van der Waals surface area contributed by atoms with Crippen molar-refractivity contribution in [2.24, 2.45) is 0 Å². The Kier molecular flexibility index (Phi) is 6.01. The molecule has 1 rings (SSSR count). The molecule has 0 heterocycles. The van der Waals surface area contributed by atoms with Crippen LogP contribution in [0.3, 0.4) is 0 Å². The fourth-order valence-electron chi connectivity index (χ4n) is 1.97. The molecule has 0 radical (unpaired) electrons. The van der Waals surface area contributed by atoms with Crippen LogP contribution in [-0.4, -0.2) is 27.0 Å². The molecule has 1 atom stereocenters. The molecule has 0 saturated heterocycles. The van der Waals surface area contributed by atoms with Crippen molar-refractivity contribution < 1.29 is 21.6 Å². The molecule has 0 aliphatic carbocycles. The standard InChI is InChI=1S/C13H18F3NO2S/c1-3-17-11(5-4-8-20(2,18)19)9-6-7-10(14)13(16)12(9)15/h6-7,11,17H,3-5,8H2,1-2H3. The van der Waals surface area contributed by atoms with Gasteiger partial charge >= 0.3 is 0 Å². The smallest absolute Gasteiger partial charge is 0.194 e. The van der Waals surface area contributed by atoms with E-state index >= 15 is 0 Å². The van der Waals surface area contributed by atoms with E-state index in [0.717, 1.165) is 12.3 Å². The largest absolute Gasteiger partial charge is 0.310 e. The fourth-order valence-corrected chi connectivity index (χ4v) is 2.66. The molecule has 0 aliphatic rings. The Hall–Kier alpha value is -1.08. The lowest BCUT2D eigenvalue weighted by atomic mass is 10.0. The average Bonchev–Trinajstić information content (AvgIpc) is 2.34. The van der Waals surface area contributed by atoms with Gasteiger partial charge in [0.15, 0.2) is 17.5 Å². The van der Waals surface area contributed by atoms with E-state index in [0.29, 0.717) is 19.4 Å². The van der Waals surface area contributed by atoms with Crippen LogP contribution in [-0.2, 0) is 9.84 Å². The number of hydrogen-bond donors (Lipinski definition) is 1. The first-order chi connectivity index (χ1) is 9.26. The van der Waals surface area contributed by atoms with E-state index in [2.05, 4.69) is 5.32 Å². The van der Waals surface area contributed by atoms with Gasteiger partial charge < -0.3 is 5.32 Å². The Balaban J connectivity index is 2.88. The van der Waals surface area contributed by atoms with Crippen molar-refractivity contribution in [3.63, 3.8) is 0 Å². The van der Waals surface area contributed by atoms with Crippen LogP contribution in [0, 0.1) is 17.5 Å². The third kappa shape index (κ3) is 4.79. The van der Waals surface area contributed by atoms with Crippen LogP contribution >= 0.6 is 0 Å². The summed E-state index contributed by atoms with van der Waals surface area (Å²) in [4.78, 5) is 0. The lowest BCUT2D eigenvalue weighted by Crippen LogP contribution is -2.23. The second kappa shape index (κ2) is 7.08. The molecular formula is C13H18F3NO2S. The van der Waals surface area contributed by atoms with Gasteiger partial charge in [0.1, 0.15) is 9.84 Å². The second-order valence-corrected chi connectivity index (χ2v) is 6.91. The Morgan fingerprint density at radius 2 is 1.85 bits per heavy atom. The van der Waals surface area contributed by atoms with Gasteiger partial charge in [-0.05, 0) is 25.5 Å². The van der Waals surface area contributed by atoms with Crippen LogP contribution in [0.15, 0.2) is 12.1 Å². The second-order valence-electron chi connectivity index (χ2n) is 4.65. The van der Waals surface area contributed by atoms with Crippen LogP contribution in [0.5, 0.6) is 0 Å². The number of nitrogens with one attached hydrogen (secondary N) is 1. The van der Waals surface area contributed by atoms with Crippen molar-refractivity contribution >= 4 is 9.84 Å². The van der Waals surface area contributed by atoms with Gasteiger partial charge in [-0.15, -0.1) is 0 Å². The molecule has 0 saturated carbocycles. The summed E-state index contributed by atoms with van der Waals surface area (Å²) >= 11 is 0. The Labute approximate surface area is 117 Å². The quantitative estimate of drug-likeness (QED) is 0.788. The zero-order valence-electron chi connectivity index (χ0n) is 11.4. The highest BCUT2D eigenvalue weighted by Gasteiger charge is 2.20. The topological polar surface area (TPSA) is 46.2 Å². The zero-order chi connectivity index (χ0) is 15.3. The molecular weight excluding hydrogens is 291 g/mol. The van der Waals surface area contributed by atoms with Crippen molar-refractivity contribution in [3.8, 4) is 0 Å². The number of halogens is 3. The molecule has 0 amide bonds. The molecule has 7 heteroatoms. The summed E-state index contributed by atoms with van der Waals surface area (Å²) in [7, 11) is -3.10. The summed E-state index contributed by atoms with van der Waals surface area (Å²) in [6.07, 6.45) is 1.76. The third-order valence-electron chi connectivity index (χ3n) is 2.90. The maximum Gasteiger partial charge on any atom is 0.194 e. The van der Waals surface area contributed by atoms with E-state index in [4.69, 9.17) is 0 Å². The molecule has 0 aromatic heterocycles. The van der Waals surface area contributed by atoms with Gasteiger partial charge in [0.2, 0.25) is 0 Å². The van der Waals surface area contributed by atoms with E-state index in [-0.39, 0.29) is 11.3 Å². The molecule has 1 N–H and O–H groups in total. The maximum absolute atomic E-state index is 13.7. The van der Waals surface area contributed by atoms with E-state index in [1.54, 1.807) is 6.92 Å². The predicted octanol–water partition coefficient (Wildman–Crippen LogP) is 2.58. The first-order valence-electron chi connectivity index (χ1n) is 6.30. The minimum absolute atomic E-state index is 0.0132. The monoisotopic (exact) mass is 309 g/mol. The highest BCUT2D eigenvalue weighted by atomic mass is 32.2. The van der Waals surface area contributed by atoms with E-state index in [1.807, 2.05) is 0 Å². The van der Waals surface area contributed by atoms with Crippen molar-refractivity contribution in [1.29, 1.82) is 0 Å². The van der Waals surface area contributed by atoms with Crippen LogP contribution in [0.25, 0.3) is 0 Å². The molecule has 1 aromatic carbocycles. The van der Waals surface area contributed by atoms with Gasteiger partial charge in [0.05, 0.1) is 0 Å². The van der Waals surface area contributed by atoms with Crippen molar-refractivity contribution in [1.82, 2.24) is 5.32 Å². The predicted molar refractivity (Wildman–Crippen MR) is 71.7 cm³/mol. The maximum atomic E-state index is 13.7. The first kappa shape index (κ1) is 17.0. The molecule has 20 heavy (non-hydrogen) atoms. The van der Waals surface area contributed by atoms with Crippen molar-refractivity contribution in [2.45, 2.75) is 25.8 Å². The van der Waals surface area contributed by atoms with E-state index < -0.39 is 33.3 Å². The highest BCUT2D eigenvalue weighted by Crippen LogP contribution is 2.24. The van der Waals surface area contributed by atoms with Crippen molar-refractivity contribution in [3.05, 3.63) is 35.1 Å². The molecule has 3 nitrogen and oxygen atoms in total. The molecule has 114 valence electrons. The van der Waals surface area contributed by atoms with Gasteiger partial charge in [0.25, 0.3) is 0 Å². The Bertz CT molecular complexity index is 561. The summed E-state index contributed by atoms with van der Waals surface area (Å²) in [5.74, 6) is -4.00.